The lowest BCUT2D eigenvalue weighted by atomic mass is 10.1. The first-order valence-corrected chi connectivity index (χ1v) is 5.53. The van der Waals surface area contributed by atoms with Crippen molar-refractivity contribution in [3.8, 4) is 6.07 Å². The van der Waals surface area contributed by atoms with E-state index in [1.165, 1.54) is 0 Å². The van der Waals surface area contributed by atoms with Gasteiger partial charge < -0.3 is 15.3 Å². The predicted molar refractivity (Wildman–Crippen MR) is 65.9 cm³/mol. The molecule has 0 fully saturated rings. The highest BCUT2D eigenvalue weighted by Gasteiger charge is 2.02. The van der Waals surface area contributed by atoms with Crippen LogP contribution in [0.25, 0.3) is 11.0 Å². The molecular weight excluding hydrogens is 232 g/mol. The average molecular weight is 244 g/mol. The van der Waals surface area contributed by atoms with Crippen LogP contribution in [0.1, 0.15) is 12.0 Å². The molecule has 0 aliphatic heterocycles. The Kier molecular flexibility index (Phi) is 3.44. The first-order valence-electron chi connectivity index (χ1n) is 5.53. The molecule has 2 rings (SSSR count). The van der Waals surface area contributed by atoms with E-state index in [1.54, 1.807) is 6.07 Å². The lowest BCUT2D eigenvalue weighted by molar-refractivity contribution is -0.120. The van der Waals surface area contributed by atoms with Crippen molar-refractivity contribution in [1.82, 2.24) is 15.3 Å². The average Bonchev–Trinajstić information content (AvgIpc) is 2.69. The van der Waals surface area contributed by atoms with E-state index in [2.05, 4.69) is 15.3 Å². The van der Waals surface area contributed by atoms with Crippen LogP contribution in [0.4, 0.5) is 0 Å². The van der Waals surface area contributed by atoms with Crippen LogP contribution in [0.5, 0.6) is 0 Å². The van der Waals surface area contributed by atoms with Crippen LogP contribution in [-0.2, 0) is 11.2 Å². The van der Waals surface area contributed by atoms with E-state index in [4.69, 9.17) is 5.26 Å². The molecule has 0 unspecified atom stereocenters. The standard InChI is InChI=1S/C12H12N4O2/c13-5-3-11(17)14-6-4-8-1-2-9-10(7-8)16-12(18)15-9/h1-2,7H,3-4,6H2,(H,14,17)(H2,15,16,18). The van der Waals surface area contributed by atoms with E-state index in [0.717, 1.165) is 16.6 Å². The van der Waals surface area contributed by atoms with Crippen LogP contribution in [-0.4, -0.2) is 22.4 Å². The van der Waals surface area contributed by atoms with E-state index >= 15 is 0 Å². The van der Waals surface area contributed by atoms with Crippen LogP contribution < -0.4 is 11.0 Å². The molecule has 0 radical (unpaired) electrons. The zero-order chi connectivity index (χ0) is 13.0. The summed E-state index contributed by atoms with van der Waals surface area (Å²) >= 11 is 0. The minimum absolute atomic E-state index is 0.121. The molecule has 3 N–H and O–H groups in total. The number of nitriles is 1. The Hall–Kier alpha value is -2.55. The smallest absolute Gasteiger partial charge is 0.323 e. The van der Waals surface area contributed by atoms with Gasteiger partial charge in [0.05, 0.1) is 17.1 Å². The highest BCUT2D eigenvalue weighted by Crippen LogP contribution is 2.10. The monoisotopic (exact) mass is 244 g/mol. The number of carbonyl (C=O) groups excluding carboxylic acids is 1. The van der Waals surface area contributed by atoms with Gasteiger partial charge in [0.2, 0.25) is 5.91 Å². The van der Waals surface area contributed by atoms with E-state index in [0.29, 0.717) is 13.0 Å². The van der Waals surface area contributed by atoms with E-state index in [9.17, 15) is 9.59 Å². The third-order valence-corrected chi connectivity index (χ3v) is 2.56. The number of nitrogens with zero attached hydrogens (tertiary/aromatic N) is 1. The maximum atomic E-state index is 11.1. The Balaban J connectivity index is 1.98. The van der Waals surface area contributed by atoms with Gasteiger partial charge in [0.25, 0.3) is 0 Å². The quantitative estimate of drug-likeness (QED) is 0.726. The summed E-state index contributed by atoms with van der Waals surface area (Å²) in [7, 11) is 0. The second kappa shape index (κ2) is 5.19. The van der Waals surface area contributed by atoms with Gasteiger partial charge in [0, 0.05) is 6.54 Å². The Morgan fingerprint density at radius 2 is 2.11 bits per heavy atom. The van der Waals surface area contributed by atoms with Crippen LogP contribution >= 0.6 is 0 Å². The first kappa shape index (κ1) is 11.9. The zero-order valence-electron chi connectivity index (χ0n) is 9.62. The van der Waals surface area contributed by atoms with E-state index in [-0.39, 0.29) is 18.0 Å². The lowest BCUT2D eigenvalue weighted by Gasteiger charge is -2.03. The van der Waals surface area contributed by atoms with E-state index < -0.39 is 0 Å². The summed E-state index contributed by atoms with van der Waals surface area (Å²) in [6, 6.07) is 7.36. The maximum absolute atomic E-state index is 11.1. The van der Waals surface area contributed by atoms with Crippen molar-refractivity contribution in [2.24, 2.45) is 0 Å². The van der Waals surface area contributed by atoms with Gasteiger partial charge in [-0.3, -0.25) is 4.79 Å². The molecule has 92 valence electrons. The minimum Gasteiger partial charge on any atom is -0.355 e. The van der Waals surface area contributed by atoms with Crippen molar-refractivity contribution in [3.05, 3.63) is 34.2 Å². The van der Waals surface area contributed by atoms with Crippen LogP contribution in [0.15, 0.2) is 23.0 Å². The third-order valence-electron chi connectivity index (χ3n) is 2.56. The number of rotatable bonds is 4. The summed E-state index contributed by atoms with van der Waals surface area (Å²) < 4.78 is 0. The summed E-state index contributed by atoms with van der Waals surface area (Å²) in [6.07, 6.45) is 0.532. The molecule has 0 spiro atoms. The number of amides is 1. The number of fused-ring (bicyclic) bond motifs is 1. The highest BCUT2D eigenvalue weighted by atomic mass is 16.1. The van der Waals surface area contributed by atoms with Crippen LogP contribution in [0.3, 0.4) is 0 Å². The summed E-state index contributed by atoms with van der Waals surface area (Å²) in [4.78, 5) is 27.5. The normalized spacial score (nSPS) is 10.2. The van der Waals surface area contributed by atoms with Gasteiger partial charge in [-0.2, -0.15) is 5.26 Å². The number of hydrogen-bond acceptors (Lipinski definition) is 3. The molecule has 0 bridgehead atoms. The fraction of sp³-hybridized carbons (Fsp3) is 0.250. The first-order chi connectivity index (χ1) is 8.69. The van der Waals surface area contributed by atoms with Crippen molar-refractivity contribution in [3.63, 3.8) is 0 Å². The SMILES string of the molecule is N#CCC(=O)NCCc1ccc2[nH]c(=O)[nH]c2c1. The molecule has 1 amide bonds. The number of imidazole rings is 1. The molecule has 0 atom stereocenters. The number of benzene rings is 1. The maximum Gasteiger partial charge on any atom is 0.323 e. The Labute approximate surface area is 103 Å². The summed E-state index contributed by atoms with van der Waals surface area (Å²) in [5.74, 6) is -0.270. The summed E-state index contributed by atoms with van der Waals surface area (Å²) in [5.41, 5.74) is 2.29. The number of aromatic amines is 2. The van der Waals surface area contributed by atoms with Crippen LogP contribution in [0, 0.1) is 11.3 Å². The highest BCUT2D eigenvalue weighted by molar-refractivity contribution is 5.78. The minimum atomic E-state index is -0.270. The number of aromatic nitrogens is 2. The summed E-state index contributed by atoms with van der Waals surface area (Å²) in [6.45, 7) is 0.473. The topological polar surface area (TPSA) is 102 Å². The van der Waals surface area contributed by atoms with Gasteiger partial charge in [-0.1, -0.05) is 6.07 Å². The molecule has 1 heterocycles. The Morgan fingerprint density at radius 3 is 2.89 bits per heavy atom. The fourth-order valence-electron chi connectivity index (χ4n) is 1.72. The van der Waals surface area contributed by atoms with Crippen molar-refractivity contribution >= 4 is 16.9 Å². The second-order valence-corrected chi connectivity index (χ2v) is 3.89. The predicted octanol–water partition coefficient (Wildman–Crippen LogP) is 0.429. The van der Waals surface area contributed by atoms with Crippen molar-refractivity contribution in [2.45, 2.75) is 12.8 Å². The molecule has 6 nitrogen and oxygen atoms in total. The largest absolute Gasteiger partial charge is 0.355 e. The number of carbonyl (C=O) groups is 1. The van der Waals surface area contributed by atoms with Crippen molar-refractivity contribution < 1.29 is 4.79 Å². The second-order valence-electron chi connectivity index (χ2n) is 3.89. The van der Waals surface area contributed by atoms with Gasteiger partial charge in [-0.15, -0.1) is 0 Å². The molecule has 0 saturated carbocycles. The van der Waals surface area contributed by atoms with Gasteiger partial charge in [0.1, 0.15) is 6.42 Å². The Morgan fingerprint density at radius 1 is 1.33 bits per heavy atom. The molecule has 0 saturated heterocycles. The summed E-state index contributed by atoms with van der Waals surface area (Å²) in [5, 5.41) is 11.0. The molecule has 0 aliphatic carbocycles. The third kappa shape index (κ3) is 2.77. The molecule has 2 aromatic rings. The molecule has 1 aromatic heterocycles. The molecule has 6 heteroatoms. The fourth-order valence-corrected chi connectivity index (χ4v) is 1.72. The van der Waals surface area contributed by atoms with Gasteiger partial charge in [-0.25, -0.2) is 4.79 Å². The lowest BCUT2D eigenvalue weighted by Crippen LogP contribution is -2.24. The van der Waals surface area contributed by atoms with Gasteiger partial charge in [0.15, 0.2) is 0 Å². The number of H-pyrrole nitrogens is 2. The zero-order valence-corrected chi connectivity index (χ0v) is 9.62. The number of hydrogen-bond donors (Lipinski definition) is 3. The number of nitrogens with one attached hydrogen (secondary N) is 3. The van der Waals surface area contributed by atoms with Gasteiger partial charge >= 0.3 is 5.69 Å². The van der Waals surface area contributed by atoms with Crippen LogP contribution in [0.2, 0.25) is 0 Å². The Bertz CT molecular complexity index is 663. The van der Waals surface area contributed by atoms with Crippen molar-refractivity contribution in [2.75, 3.05) is 6.54 Å². The molecule has 18 heavy (non-hydrogen) atoms. The molecule has 1 aromatic carbocycles. The van der Waals surface area contributed by atoms with Crippen molar-refractivity contribution in [1.29, 1.82) is 5.26 Å². The van der Waals surface area contributed by atoms with Gasteiger partial charge in [-0.05, 0) is 24.1 Å². The molecular formula is C12H12N4O2. The van der Waals surface area contributed by atoms with E-state index in [1.807, 2.05) is 18.2 Å². The molecule has 0 aliphatic rings.